The van der Waals surface area contributed by atoms with Gasteiger partial charge in [-0.25, -0.2) is 0 Å². The van der Waals surface area contributed by atoms with Crippen LogP contribution < -0.4 is 5.32 Å². The number of nitrogens with zero attached hydrogens (tertiary/aromatic N) is 2. The maximum absolute atomic E-state index is 12.3. The van der Waals surface area contributed by atoms with Crippen molar-refractivity contribution in [1.29, 1.82) is 0 Å². The van der Waals surface area contributed by atoms with E-state index in [4.69, 9.17) is 4.42 Å². The van der Waals surface area contributed by atoms with Crippen LogP contribution in [0.1, 0.15) is 49.4 Å². The average Bonchev–Trinajstić information content (AvgIpc) is 3.64. The van der Waals surface area contributed by atoms with Gasteiger partial charge in [0.1, 0.15) is 0 Å². The van der Waals surface area contributed by atoms with Gasteiger partial charge in [-0.15, -0.1) is 10.2 Å². The highest BCUT2D eigenvalue weighted by atomic mass is 16.4. The molecule has 1 aromatic carbocycles. The third kappa shape index (κ3) is 3.96. The van der Waals surface area contributed by atoms with Crippen molar-refractivity contribution in [1.82, 2.24) is 20.5 Å². The molecule has 6 heteroatoms. The van der Waals surface area contributed by atoms with Gasteiger partial charge in [-0.05, 0) is 55.6 Å². The normalized spacial score (nSPS) is 16.8. The summed E-state index contributed by atoms with van der Waals surface area (Å²) < 4.78 is 5.76. The number of aromatic nitrogens is 3. The van der Waals surface area contributed by atoms with E-state index < -0.39 is 0 Å². The number of amides is 1. The number of aromatic amines is 1. The van der Waals surface area contributed by atoms with E-state index in [0.717, 1.165) is 23.8 Å². The molecule has 2 fully saturated rings. The van der Waals surface area contributed by atoms with E-state index >= 15 is 0 Å². The molecule has 0 bridgehead atoms. The van der Waals surface area contributed by atoms with Gasteiger partial charge in [-0.2, -0.15) is 0 Å². The van der Waals surface area contributed by atoms with E-state index in [1.54, 1.807) is 0 Å². The van der Waals surface area contributed by atoms with Gasteiger partial charge in [0.25, 0.3) is 0 Å². The van der Waals surface area contributed by atoms with Gasteiger partial charge in [0.15, 0.2) is 0 Å². The molecule has 146 valence electrons. The van der Waals surface area contributed by atoms with Gasteiger partial charge in [0.2, 0.25) is 17.7 Å². The summed E-state index contributed by atoms with van der Waals surface area (Å²) in [6, 6.07) is 8.68. The molecular weight excluding hydrogens is 352 g/mol. The summed E-state index contributed by atoms with van der Waals surface area (Å²) in [5.41, 5.74) is 2.39. The minimum absolute atomic E-state index is 0.113. The summed E-state index contributed by atoms with van der Waals surface area (Å²) in [6.45, 7) is 0. The van der Waals surface area contributed by atoms with Gasteiger partial charge in [-0.1, -0.05) is 18.2 Å². The first-order valence-electron chi connectivity index (χ1n) is 10.4. The number of para-hydroxylation sites is 1. The molecule has 6 nitrogen and oxygen atoms in total. The Kier molecular flexibility index (Phi) is 4.63. The molecule has 0 saturated heterocycles. The predicted octanol–water partition coefficient (Wildman–Crippen LogP) is 3.57. The Hall–Kier alpha value is -2.63. The number of nitrogens with one attached hydrogen (secondary N) is 2. The fourth-order valence-electron chi connectivity index (χ4n) is 4.08. The molecule has 5 rings (SSSR count). The second-order valence-electron chi connectivity index (χ2n) is 8.22. The van der Waals surface area contributed by atoms with Crippen molar-refractivity contribution < 1.29 is 9.21 Å². The van der Waals surface area contributed by atoms with Crippen LogP contribution in [0.4, 0.5) is 0 Å². The van der Waals surface area contributed by atoms with Crippen LogP contribution in [0.25, 0.3) is 10.9 Å². The van der Waals surface area contributed by atoms with Crippen molar-refractivity contribution >= 4 is 16.8 Å². The Balaban J connectivity index is 1.11. The SMILES string of the molecule is O=C(CCc1nnc(CCc2c[nH]c3ccccc23)o1)NC(C1CC1)C1CC1. The first kappa shape index (κ1) is 17.5. The number of carbonyl (C=O) groups is 1. The van der Waals surface area contributed by atoms with Crippen LogP contribution in [0.15, 0.2) is 34.9 Å². The van der Waals surface area contributed by atoms with Crippen molar-refractivity contribution in [2.24, 2.45) is 11.8 Å². The molecule has 0 radical (unpaired) electrons. The van der Waals surface area contributed by atoms with Crippen LogP contribution in [0.2, 0.25) is 0 Å². The summed E-state index contributed by atoms with van der Waals surface area (Å²) in [5.74, 6) is 2.74. The number of hydrogen-bond acceptors (Lipinski definition) is 4. The Bertz CT molecular complexity index is 956. The van der Waals surface area contributed by atoms with Gasteiger partial charge < -0.3 is 14.7 Å². The lowest BCUT2D eigenvalue weighted by Crippen LogP contribution is -2.38. The molecule has 1 amide bonds. The maximum Gasteiger partial charge on any atom is 0.220 e. The second kappa shape index (κ2) is 7.41. The molecule has 2 saturated carbocycles. The van der Waals surface area contributed by atoms with Crippen molar-refractivity contribution in [2.45, 2.75) is 57.4 Å². The van der Waals surface area contributed by atoms with E-state index in [1.165, 1.54) is 36.6 Å². The first-order chi connectivity index (χ1) is 13.8. The van der Waals surface area contributed by atoms with E-state index in [9.17, 15) is 4.79 Å². The maximum atomic E-state index is 12.3. The second-order valence-corrected chi connectivity index (χ2v) is 8.22. The lowest BCUT2D eigenvalue weighted by atomic mass is 10.1. The largest absolute Gasteiger partial charge is 0.425 e. The molecule has 2 aromatic heterocycles. The monoisotopic (exact) mass is 378 g/mol. The van der Waals surface area contributed by atoms with Crippen LogP contribution in [0.3, 0.4) is 0 Å². The molecule has 0 aliphatic heterocycles. The van der Waals surface area contributed by atoms with E-state index in [0.29, 0.717) is 37.1 Å². The minimum Gasteiger partial charge on any atom is -0.425 e. The Labute approximate surface area is 164 Å². The topological polar surface area (TPSA) is 83.8 Å². The van der Waals surface area contributed by atoms with E-state index in [-0.39, 0.29) is 5.91 Å². The third-order valence-corrected chi connectivity index (χ3v) is 5.95. The number of fused-ring (bicyclic) bond motifs is 1. The number of aryl methyl sites for hydroxylation is 3. The molecule has 2 N–H and O–H groups in total. The summed E-state index contributed by atoms with van der Waals surface area (Å²) in [4.78, 5) is 15.6. The number of rotatable bonds is 9. The molecule has 0 spiro atoms. The highest BCUT2D eigenvalue weighted by Crippen LogP contribution is 2.44. The molecule has 3 aromatic rings. The van der Waals surface area contributed by atoms with Crippen LogP contribution in [-0.4, -0.2) is 27.1 Å². The van der Waals surface area contributed by atoms with Crippen LogP contribution >= 0.6 is 0 Å². The third-order valence-electron chi connectivity index (χ3n) is 5.95. The lowest BCUT2D eigenvalue weighted by molar-refractivity contribution is -0.122. The zero-order valence-corrected chi connectivity index (χ0v) is 16.0. The Morgan fingerprint density at radius 1 is 1.07 bits per heavy atom. The fraction of sp³-hybridized carbons (Fsp3) is 0.500. The van der Waals surface area contributed by atoms with Crippen molar-refractivity contribution in [3.63, 3.8) is 0 Å². The zero-order chi connectivity index (χ0) is 18.9. The lowest BCUT2D eigenvalue weighted by Gasteiger charge is -2.17. The quantitative estimate of drug-likeness (QED) is 0.596. The van der Waals surface area contributed by atoms with Gasteiger partial charge in [0.05, 0.1) is 0 Å². The molecule has 2 heterocycles. The van der Waals surface area contributed by atoms with Crippen molar-refractivity contribution in [3.05, 3.63) is 47.8 Å². The number of carbonyl (C=O) groups excluding carboxylic acids is 1. The molecule has 2 aliphatic carbocycles. The van der Waals surface area contributed by atoms with Crippen molar-refractivity contribution in [2.75, 3.05) is 0 Å². The number of hydrogen-bond donors (Lipinski definition) is 2. The van der Waals surface area contributed by atoms with Crippen LogP contribution in [-0.2, 0) is 24.1 Å². The van der Waals surface area contributed by atoms with Crippen LogP contribution in [0.5, 0.6) is 0 Å². The van der Waals surface area contributed by atoms with Gasteiger partial charge >= 0.3 is 0 Å². The summed E-state index contributed by atoms with van der Waals surface area (Å²) in [7, 11) is 0. The minimum atomic E-state index is 0.113. The Morgan fingerprint density at radius 2 is 1.79 bits per heavy atom. The molecule has 2 aliphatic rings. The summed E-state index contributed by atoms with van der Waals surface area (Å²) in [6.07, 6.45) is 9.59. The van der Waals surface area contributed by atoms with E-state index in [1.807, 2.05) is 18.3 Å². The standard InChI is InChI=1S/C22H26N4O2/c27-19(24-22(14-5-6-14)15-7-8-15)10-12-21-26-25-20(28-21)11-9-16-13-23-18-4-2-1-3-17(16)18/h1-4,13-15,22-23H,5-12H2,(H,24,27). The predicted molar refractivity (Wildman–Crippen MR) is 106 cm³/mol. The smallest absolute Gasteiger partial charge is 0.220 e. The molecular formula is C22H26N4O2. The Morgan fingerprint density at radius 3 is 2.54 bits per heavy atom. The van der Waals surface area contributed by atoms with Gasteiger partial charge in [0, 0.05) is 42.4 Å². The highest BCUT2D eigenvalue weighted by Gasteiger charge is 2.42. The number of benzene rings is 1. The fourth-order valence-corrected chi connectivity index (χ4v) is 4.08. The number of H-pyrrole nitrogens is 1. The molecule has 28 heavy (non-hydrogen) atoms. The highest BCUT2D eigenvalue weighted by molar-refractivity contribution is 5.83. The van der Waals surface area contributed by atoms with Gasteiger partial charge in [-0.3, -0.25) is 4.79 Å². The van der Waals surface area contributed by atoms with Crippen molar-refractivity contribution in [3.8, 4) is 0 Å². The summed E-state index contributed by atoms with van der Waals surface area (Å²) in [5, 5.41) is 12.8. The molecule has 0 atom stereocenters. The van der Waals surface area contributed by atoms with E-state index in [2.05, 4.69) is 32.6 Å². The first-order valence-corrected chi connectivity index (χ1v) is 10.4. The van der Waals surface area contributed by atoms with Crippen LogP contribution in [0, 0.1) is 11.8 Å². The summed E-state index contributed by atoms with van der Waals surface area (Å²) >= 11 is 0. The zero-order valence-electron chi connectivity index (χ0n) is 16.0. The molecule has 0 unspecified atom stereocenters. The average molecular weight is 378 g/mol.